The van der Waals surface area contributed by atoms with E-state index in [2.05, 4.69) is 24.2 Å². The van der Waals surface area contributed by atoms with Crippen LogP contribution in [0, 0.1) is 5.82 Å². The van der Waals surface area contributed by atoms with Crippen LogP contribution in [0.4, 0.5) is 4.39 Å². The first-order chi connectivity index (χ1) is 10.1. The van der Waals surface area contributed by atoms with Gasteiger partial charge in [-0.3, -0.25) is 0 Å². The summed E-state index contributed by atoms with van der Waals surface area (Å²) in [7, 11) is 2.30. The standard InChI is InChI=1S/C18H27FN2/c1-13(10-14-6-8-15(19)9-7-14)20-16-11-17-4-3-5-18(12-16)21(17)2/h6-9,13,16-18,20H,3-5,10-12H2,1-2H3/t13-,16?,17-,18+/m0/s1. The lowest BCUT2D eigenvalue weighted by Crippen LogP contribution is -2.55. The van der Waals surface area contributed by atoms with Gasteiger partial charge in [-0.25, -0.2) is 4.39 Å². The average Bonchev–Trinajstić information content (AvgIpc) is 2.42. The van der Waals surface area contributed by atoms with E-state index in [1.165, 1.54) is 37.7 Å². The normalized spacial score (nSPS) is 31.1. The summed E-state index contributed by atoms with van der Waals surface area (Å²) in [5.74, 6) is -0.150. The molecule has 0 aliphatic carbocycles. The Kier molecular flexibility index (Phi) is 4.60. The number of halogens is 1. The van der Waals surface area contributed by atoms with Crippen molar-refractivity contribution in [1.29, 1.82) is 0 Å². The Hall–Kier alpha value is -0.930. The lowest BCUT2D eigenvalue weighted by Gasteiger charge is -2.47. The number of nitrogens with zero attached hydrogens (tertiary/aromatic N) is 1. The van der Waals surface area contributed by atoms with Crippen LogP contribution < -0.4 is 5.32 Å². The zero-order chi connectivity index (χ0) is 14.8. The molecule has 1 aromatic carbocycles. The summed E-state index contributed by atoms with van der Waals surface area (Å²) in [4.78, 5) is 2.60. The van der Waals surface area contributed by atoms with E-state index >= 15 is 0 Å². The number of benzene rings is 1. The van der Waals surface area contributed by atoms with Gasteiger partial charge in [0.1, 0.15) is 5.82 Å². The van der Waals surface area contributed by atoms with E-state index in [4.69, 9.17) is 0 Å². The van der Waals surface area contributed by atoms with E-state index in [-0.39, 0.29) is 5.82 Å². The molecule has 2 aliphatic heterocycles. The van der Waals surface area contributed by atoms with Crippen LogP contribution in [0.1, 0.15) is 44.6 Å². The third-order valence-corrected chi connectivity index (χ3v) is 5.32. The molecule has 116 valence electrons. The topological polar surface area (TPSA) is 15.3 Å². The van der Waals surface area contributed by atoms with Crippen molar-refractivity contribution in [2.24, 2.45) is 0 Å². The molecular formula is C18H27FN2. The Morgan fingerprint density at radius 1 is 1.19 bits per heavy atom. The van der Waals surface area contributed by atoms with Crippen molar-refractivity contribution in [3.8, 4) is 0 Å². The summed E-state index contributed by atoms with van der Waals surface area (Å²) in [5.41, 5.74) is 1.21. The fourth-order valence-electron chi connectivity index (χ4n) is 4.19. The van der Waals surface area contributed by atoms with Crippen molar-refractivity contribution in [3.63, 3.8) is 0 Å². The highest BCUT2D eigenvalue weighted by Crippen LogP contribution is 2.32. The van der Waals surface area contributed by atoms with Crippen LogP contribution in [0.5, 0.6) is 0 Å². The van der Waals surface area contributed by atoms with Crippen LogP contribution >= 0.6 is 0 Å². The SMILES string of the molecule is C[C@@H](Cc1ccc(F)cc1)NC1C[C@H]2CCC[C@@H](C1)N2C. The highest BCUT2D eigenvalue weighted by Gasteiger charge is 2.36. The summed E-state index contributed by atoms with van der Waals surface area (Å²) in [6.07, 6.45) is 7.65. The Bertz CT molecular complexity index is 445. The Morgan fingerprint density at radius 2 is 1.81 bits per heavy atom. The van der Waals surface area contributed by atoms with Gasteiger partial charge in [-0.15, -0.1) is 0 Å². The first-order valence-corrected chi connectivity index (χ1v) is 8.34. The predicted octanol–water partition coefficient (Wildman–Crippen LogP) is 3.36. The minimum absolute atomic E-state index is 0.150. The summed E-state index contributed by atoms with van der Waals surface area (Å²) >= 11 is 0. The highest BCUT2D eigenvalue weighted by molar-refractivity contribution is 5.17. The molecule has 2 saturated heterocycles. The largest absolute Gasteiger partial charge is 0.311 e. The van der Waals surface area contributed by atoms with E-state index in [9.17, 15) is 4.39 Å². The number of nitrogens with one attached hydrogen (secondary N) is 1. The van der Waals surface area contributed by atoms with Gasteiger partial charge in [-0.1, -0.05) is 18.6 Å². The average molecular weight is 290 g/mol. The van der Waals surface area contributed by atoms with Crippen LogP contribution in [0.3, 0.4) is 0 Å². The minimum Gasteiger partial charge on any atom is -0.311 e. The maximum absolute atomic E-state index is 12.9. The molecule has 2 bridgehead atoms. The predicted molar refractivity (Wildman–Crippen MR) is 84.9 cm³/mol. The lowest BCUT2D eigenvalue weighted by atomic mass is 9.82. The van der Waals surface area contributed by atoms with Crippen LogP contribution in [0.2, 0.25) is 0 Å². The van der Waals surface area contributed by atoms with E-state index in [1.807, 2.05) is 12.1 Å². The number of piperidine rings is 2. The second-order valence-electron chi connectivity index (χ2n) is 6.97. The molecule has 1 aromatic rings. The lowest BCUT2D eigenvalue weighted by molar-refractivity contribution is 0.0463. The maximum atomic E-state index is 12.9. The number of rotatable bonds is 4. The van der Waals surface area contributed by atoms with E-state index < -0.39 is 0 Å². The van der Waals surface area contributed by atoms with Crippen molar-refractivity contribution in [2.75, 3.05) is 7.05 Å². The van der Waals surface area contributed by atoms with E-state index in [1.54, 1.807) is 12.1 Å². The molecule has 0 spiro atoms. The molecule has 0 radical (unpaired) electrons. The molecule has 2 heterocycles. The molecule has 4 atom stereocenters. The molecule has 0 saturated carbocycles. The molecule has 1 N–H and O–H groups in total. The van der Waals surface area contributed by atoms with Gasteiger partial charge < -0.3 is 10.2 Å². The molecule has 1 unspecified atom stereocenters. The van der Waals surface area contributed by atoms with Gasteiger partial charge in [-0.2, -0.15) is 0 Å². The van der Waals surface area contributed by atoms with Crippen LogP contribution in [-0.4, -0.2) is 36.1 Å². The summed E-state index contributed by atoms with van der Waals surface area (Å²) in [6, 6.07) is 9.55. The van der Waals surface area contributed by atoms with Crippen molar-refractivity contribution in [1.82, 2.24) is 10.2 Å². The molecule has 2 fully saturated rings. The molecule has 2 aliphatic rings. The van der Waals surface area contributed by atoms with Crippen molar-refractivity contribution in [2.45, 2.75) is 69.6 Å². The Labute approximate surface area is 127 Å². The van der Waals surface area contributed by atoms with Gasteiger partial charge >= 0.3 is 0 Å². The van der Waals surface area contributed by atoms with Crippen molar-refractivity contribution >= 4 is 0 Å². The van der Waals surface area contributed by atoms with Crippen LogP contribution in [-0.2, 0) is 6.42 Å². The highest BCUT2D eigenvalue weighted by atomic mass is 19.1. The smallest absolute Gasteiger partial charge is 0.123 e. The van der Waals surface area contributed by atoms with Gasteiger partial charge in [0.15, 0.2) is 0 Å². The second-order valence-corrected chi connectivity index (χ2v) is 6.97. The monoisotopic (exact) mass is 290 g/mol. The molecule has 3 rings (SSSR count). The first kappa shape index (κ1) is 15.0. The summed E-state index contributed by atoms with van der Waals surface area (Å²) in [5, 5.41) is 3.81. The minimum atomic E-state index is -0.150. The number of hydrogen-bond acceptors (Lipinski definition) is 2. The zero-order valence-electron chi connectivity index (χ0n) is 13.2. The fourth-order valence-corrected chi connectivity index (χ4v) is 4.19. The maximum Gasteiger partial charge on any atom is 0.123 e. The molecule has 2 nitrogen and oxygen atoms in total. The summed E-state index contributed by atoms with van der Waals surface area (Å²) < 4.78 is 12.9. The van der Waals surface area contributed by atoms with E-state index in [0.29, 0.717) is 12.1 Å². The van der Waals surface area contributed by atoms with Gasteiger partial charge in [-0.05, 0) is 63.8 Å². The quantitative estimate of drug-likeness (QED) is 0.914. The molecule has 3 heteroatoms. The van der Waals surface area contributed by atoms with Crippen molar-refractivity contribution in [3.05, 3.63) is 35.6 Å². The Balaban J connectivity index is 1.53. The van der Waals surface area contributed by atoms with E-state index in [0.717, 1.165) is 18.5 Å². The fraction of sp³-hybridized carbons (Fsp3) is 0.667. The van der Waals surface area contributed by atoms with Crippen LogP contribution in [0.15, 0.2) is 24.3 Å². The molecular weight excluding hydrogens is 263 g/mol. The van der Waals surface area contributed by atoms with Gasteiger partial charge in [0, 0.05) is 24.2 Å². The first-order valence-electron chi connectivity index (χ1n) is 8.34. The Morgan fingerprint density at radius 3 is 2.43 bits per heavy atom. The third kappa shape index (κ3) is 3.64. The molecule has 0 amide bonds. The van der Waals surface area contributed by atoms with Crippen molar-refractivity contribution < 1.29 is 4.39 Å². The second kappa shape index (κ2) is 6.45. The van der Waals surface area contributed by atoms with Gasteiger partial charge in [0.25, 0.3) is 0 Å². The number of fused-ring (bicyclic) bond motifs is 2. The third-order valence-electron chi connectivity index (χ3n) is 5.32. The molecule has 0 aromatic heterocycles. The van der Waals surface area contributed by atoms with Gasteiger partial charge in [0.05, 0.1) is 0 Å². The van der Waals surface area contributed by atoms with Crippen LogP contribution in [0.25, 0.3) is 0 Å². The summed E-state index contributed by atoms with van der Waals surface area (Å²) in [6.45, 7) is 2.25. The molecule has 21 heavy (non-hydrogen) atoms. The van der Waals surface area contributed by atoms with Gasteiger partial charge in [0.2, 0.25) is 0 Å². The number of hydrogen-bond donors (Lipinski definition) is 1. The zero-order valence-corrected chi connectivity index (χ0v) is 13.2.